The Labute approximate surface area is 170 Å². The molecule has 0 aliphatic rings. The molecule has 0 aliphatic heterocycles. The van der Waals surface area contributed by atoms with Crippen molar-refractivity contribution in [3.8, 4) is 17.5 Å². The summed E-state index contributed by atoms with van der Waals surface area (Å²) >= 11 is 0. The molecule has 0 spiro atoms. The van der Waals surface area contributed by atoms with Gasteiger partial charge in [0.1, 0.15) is 17.4 Å². The van der Waals surface area contributed by atoms with Gasteiger partial charge < -0.3 is 15.0 Å². The van der Waals surface area contributed by atoms with Crippen molar-refractivity contribution in [3.63, 3.8) is 0 Å². The van der Waals surface area contributed by atoms with Crippen LogP contribution in [0, 0.1) is 39.0 Å². The van der Waals surface area contributed by atoms with Gasteiger partial charge in [-0.25, -0.2) is 0 Å². The van der Waals surface area contributed by atoms with Crippen molar-refractivity contribution in [1.29, 1.82) is 5.26 Å². The Balaban J connectivity index is 1.95. The molecule has 0 aliphatic carbocycles. The van der Waals surface area contributed by atoms with Crippen LogP contribution in [0.4, 0.5) is 5.69 Å². The van der Waals surface area contributed by atoms with Gasteiger partial charge in [-0.1, -0.05) is 17.7 Å². The number of aryl methyl sites for hydroxylation is 3. The molecule has 2 aromatic carbocycles. The number of carbonyl (C=O) groups excluding carboxylic acids is 1. The maximum atomic E-state index is 12.5. The summed E-state index contributed by atoms with van der Waals surface area (Å²) in [6, 6.07) is 16.4. The number of phenolic OH excluding ortho intramolecular Hbond substituents is 1. The minimum Gasteiger partial charge on any atom is -0.508 e. The summed E-state index contributed by atoms with van der Waals surface area (Å²) < 4.78 is 2.13. The van der Waals surface area contributed by atoms with Gasteiger partial charge in [-0.15, -0.1) is 0 Å². The van der Waals surface area contributed by atoms with Gasteiger partial charge in [-0.05, 0) is 81.3 Å². The van der Waals surface area contributed by atoms with Crippen molar-refractivity contribution in [2.24, 2.45) is 0 Å². The van der Waals surface area contributed by atoms with E-state index in [-0.39, 0.29) is 11.3 Å². The number of nitrogens with zero attached hydrogens (tertiary/aromatic N) is 2. The Kier molecular flexibility index (Phi) is 5.56. The number of hydrogen-bond donors (Lipinski definition) is 2. The molecule has 5 heteroatoms. The number of phenols is 1. The molecule has 146 valence electrons. The van der Waals surface area contributed by atoms with Gasteiger partial charge in [0.25, 0.3) is 5.91 Å². The van der Waals surface area contributed by atoms with Crippen molar-refractivity contribution in [1.82, 2.24) is 4.57 Å². The SMILES string of the molecule is Cc1ccc(-n2c(C)cc(C=C(C#N)C(=O)Nc3ccc(O)cc3)c2C)c(C)c1. The van der Waals surface area contributed by atoms with Crippen LogP contribution in [0.15, 0.2) is 54.1 Å². The molecule has 29 heavy (non-hydrogen) atoms. The molecule has 0 bridgehead atoms. The lowest BCUT2D eigenvalue weighted by atomic mass is 10.1. The summed E-state index contributed by atoms with van der Waals surface area (Å²) in [5.74, 6) is -0.382. The number of nitriles is 1. The van der Waals surface area contributed by atoms with Crippen LogP contribution in [0.2, 0.25) is 0 Å². The maximum Gasteiger partial charge on any atom is 0.266 e. The van der Waals surface area contributed by atoms with Gasteiger partial charge in [-0.2, -0.15) is 5.26 Å². The van der Waals surface area contributed by atoms with E-state index in [1.165, 1.54) is 17.7 Å². The van der Waals surface area contributed by atoms with Gasteiger partial charge in [0, 0.05) is 22.8 Å². The molecule has 0 radical (unpaired) electrons. The lowest BCUT2D eigenvalue weighted by molar-refractivity contribution is -0.112. The van der Waals surface area contributed by atoms with E-state index >= 15 is 0 Å². The fraction of sp³-hybridized carbons (Fsp3) is 0.167. The van der Waals surface area contributed by atoms with Crippen molar-refractivity contribution < 1.29 is 9.90 Å². The number of nitrogens with one attached hydrogen (secondary N) is 1. The second kappa shape index (κ2) is 8.07. The Bertz CT molecular complexity index is 1150. The van der Waals surface area contributed by atoms with E-state index in [9.17, 15) is 15.2 Å². The number of aromatic hydroxyl groups is 1. The minimum absolute atomic E-state index is 0.0129. The summed E-state index contributed by atoms with van der Waals surface area (Å²) in [6.07, 6.45) is 1.61. The third-order valence-corrected chi connectivity index (χ3v) is 4.85. The smallest absolute Gasteiger partial charge is 0.266 e. The largest absolute Gasteiger partial charge is 0.508 e. The zero-order chi connectivity index (χ0) is 21.1. The summed E-state index contributed by atoms with van der Waals surface area (Å²) in [4.78, 5) is 12.5. The van der Waals surface area contributed by atoms with Crippen molar-refractivity contribution >= 4 is 17.7 Å². The normalized spacial score (nSPS) is 11.2. The quantitative estimate of drug-likeness (QED) is 0.378. The first kappa shape index (κ1) is 20.0. The predicted octanol–water partition coefficient (Wildman–Crippen LogP) is 4.96. The van der Waals surface area contributed by atoms with E-state index in [4.69, 9.17) is 0 Å². The number of benzene rings is 2. The van der Waals surface area contributed by atoms with Crippen LogP contribution >= 0.6 is 0 Å². The number of carbonyl (C=O) groups is 1. The Morgan fingerprint density at radius 1 is 1.07 bits per heavy atom. The highest BCUT2D eigenvalue weighted by Crippen LogP contribution is 2.25. The first-order valence-corrected chi connectivity index (χ1v) is 9.29. The van der Waals surface area contributed by atoms with E-state index < -0.39 is 5.91 Å². The van der Waals surface area contributed by atoms with E-state index in [2.05, 4.69) is 41.9 Å². The first-order valence-electron chi connectivity index (χ1n) is 9.29. The summed E-state index contributed by atoms with van der Waals surface area (Å²) in [5.41, 5.74) is 6.77. The molecule has 1 aromatic heterocycles. The van der Waals surface area contributed by atoms with Gasteiger partial charge >= 0.3 is 0 Å². The number of rotatable bonds is 4. The topological polar surface area (TPSA) is 78.0 Å². The van der Waals surface area contributed by atoms with Crippen molar-refractivity contribution in [2.45, 2.75) is 27.7 Å². The van der Waals surface area contributed by atoms with Gasteiger partial charge in [0.05, 0.1) is 0 Å². The average molecular weight is 385 g/mol. The van der Waals surface area contributed by atoms with Crippen LogP contribution in [-0.4, -0.2) is 15.6 Å². The maximum absolute atomic E-state index is 12.5. The van der Waals surface area contributed by atoms with Crippen LogP contribution in [0.25, 0.3) is 11.8 Å². The predicted molar refractivity (Wildman–Crippen MR) is 115 cm³/mol. The average Bonchev–Trinajstić information content (AvgIpc) is 2.95. The van der Waals surface area contributed by atoms with E-state index in [0.29, 0.717) is 5.69 Å². The Morgan fingerprint density at radius 2 is 1.76 bits per heavy atom. The zero-order valence-electron chi connectivity index (χ0n) is 16.9. The summed E-state index contributed by atoms with van der Waals surface area (Å²) in [5, 5.41) is 21.5. The third kappa shape index (κ3) is 4.22. The number of anilines is 1. The number of amides is 1. The van der Waals surface area contributed by atoms with Crippen LogP contribution in [0.1, 0.15) is 28.1 Å². The molecule has 5 nitrogen and oxygen atoms in total. The molecule has 1 amide bonds. The van der Waals surface area contributed by atoms with E-state index in [1.54, 1.807) is 18.2 Å². The van der Waals surface area contributed by atoms with E-state index in [0.717, 1.165) is 28.2 Å². The zero-order valence-corrected chi connectivity index (χ0v) is 16.9. The highest BCUT2D eigenvalue weighted by atomic mass is 16.3. The second-order valence-corrected chi connectivity index (χ2v) is 7.12. The van der Waals surface area contributed by atoms with Gasteiger partial charge in [-0.3, -0.25) is 4.79 Å². The van der Waals surface area contributed by atoms with Crippen LogP contribution in [0.5, 0.6) is 5.75 Å². The van der Waals surface area contributed by atoms with Gasteiger partial charge in [0.15, 0.2) is 0 Å². The van der Waals surface area contributed by atoms with Gasteiger partial charge in [0.2, 0.25) is 0 Å². The van der Waals surface area contributed by atoms with Crippen LogP contribution < -0.4 is 5.32 Å². The molecule has 0 unspecified atom stereocenters. The molecule has 0 atom stereocenters. The molecule has 1 heterocycles. The highest BCUT2D eigenvalue weighted by Gasteiger charge is 2.15. The molecule has 2 N–H and O–H groups in total. The monoisotopic (exact) mass is 385 g/mol. The van der Waals surface area contributed by atoms with Crippen molar-refractivity contribution in [3.05, 3.63) is 82.2 Å². The molecule has 0 fully saturated rings. The van der Waals surface area contributed by atoms with Crippen LogP contribution in [0.3, 0.4) is 0 Å². The van der Waals surface area contributed by atoms with E-state index in [1.807, 2.05) is 26.0 Å². The second-order valence-electron chi connectivity index (χ2n) is 7.12. The summed E-state index contributed by atoms with van der Waals surface area (Å²) in [7, 11) is 0. The first-order chi connectivity index (χ1) is 13.8. The number of hydrogen-bond acceptors (Lipinski definition) is 3. The minimum atomic E-state index is -0.491. The fourth-order valence-corrected chi connectivity index (χ4v) is 3.41. The summed E-state index contributed by atoms with van der Waals surface area (Å²) in [6.45, 7) is 8.12. The molecule has 3 aromatic rings. The number of aromatic nitrogens is 1. The van der Waals surface area contributed by atoms with Crippen molar-refractivity contribution in [2.75, 3.05) is 5.32 Å². The highest BCUT2D eigenvalue weighted by molar-refractivity contribution is 6.09. The molecule has 0 saturated carbocycles. The standard InChI is InChI=1S/C24H23N3O2/c1-15-5-10-23(16(2)11-15)27-17(3)12-19(18(27)4)13-20(14-25)24(29)26-21-6-8-22(28)9-7-21/h5-13,28H,1-4H3,(H,26,29). The Morgan fingerprint density at radius 3 is 2.38 bits per heavy atom. The lowest BCUT2D eigenvalue weighted by Gasteiger charge is -2.13. The third-order valence-electron chi connectivity index (χ3n) is 4.85. The molecular formula is C24H23N3O2. The molecule has 0 saturated heterocycles. The van der Waals surface area contributed by atoms with Crippen LogP contribution in [-0.2, 0) is 4.79 Å². The fourth-order valence-electron chi connectivity index (χ4n) is 3.41. The molecule has 3 rings (SSSR count). The lowest BCUT2D eigenvalue weighted by Crippen LogP contribution is -2.13. The molecular weight excluding hydrogens is 362 g/mol. The Hall–Kier alpha value is -3.78.